The van der Waals surface area contributed by atoms with Crippen molar-refractivity contribution in [1.82, 2.24) is 4.98 Å². The van der Waals surface area contributed by atoms with E-state index in [1.807, 2.05) is 12.4 Å². The third-order valence-corrected chi connectivity index (χ3v) is 12.2. The fourth-order valence-electron chi connectivity index (χ4n) is 9.43. The molecule has 10 aromatic carbocycles. The summed E-state index contributed by atoms with van der Waals surface area (Å²) < 4.78 is 0. The van der Waals surface area contributed by atoms with E-state index in [1.54, 1.807) is 0 Å². The van der Waals surface area contributed by atoms with Gasteiger partial charge in [-0.25, -0.2) is 0 Å². The molecule has 0 saturated carbocycles. The van der Waals surface area contributed by atoms with Gasteiger partial charge in [-0.15, -0.1) is 0 Å². The van der Waals surface area contributed by atoms with Crippen LogP contribution in [-0.2, 0) is 0 Å². The minimum atomic E-state index is 1.16. The fourth-order valence-corrected chi connectivity index (χ4v) is 9.43. The van der Waals surface area contributed by atoms with Crippen LogP contribution in [0, 0.1) is 0 Å². The first-order valence-corrected chi connectivity index (χ1v) is 21.3. The number of pyridine rings is 1. The second-order valence-corrected chi connectivity index (χ2v) is 15.8. The Morgan fingerprint density at radius 1 is 0.194 bits per heavy atom. The first-order valence-electron chi connectivity index (χ1n) is 21.3. The Labute approximate surface area is 362 Å². The fraction of sp³-hybridized carbons (Fsp3) is 0. The Morgan fingerprint density at radius 3 is 1.03 bits per heavy atom. The number of rotatable bonds is 8. The summed E-state index contributed by atoms with van der Waals surface area (Å²) in [4.78, 5) is 4.23. The van der Waals surface area contributed by atoms with Gasteiger partial charge in [-0.1, -0.05) is 212 Å². The molecular formula is C61H41N. The summed E-state index contributed by atoms with van der Waals surface area (Å²) in [6.07, 6.45) is 3.70. The summed E-state index contributed by atoms with van der Waals surface area (Å²) in [6, 6.07) is 86.3. The molecule has 0 fully saturated rings. The summed E-state index contributed by atoms with van der Waals surface area (Å²) in [5.41, 5.74) is 19.2. The van der Waals surface area contributed by atoms with Crippen LogP contribution >= 0.6 is 0 Å². The topological polar surface area (TPSA) is 12.9 Å². The van der Waals surface area contributed by atoms with E-state index in [4.69, 9.17) is 0 Å². The van der Waals surface area contributed by atoms with Gasteiger partial charge in [-0.3, -0.25) is 4.98 Å². The zero-order chi connectivity index (χ0) is 41.2. The van der Waals surface area contributed by atoms with Crippen molar-refractivity contribution in [2.45, 2.75) is 0 Å². The molecule has 290 valence electrons. The molecule has 0 radical (unpaired) electrons. The highest BCUT2D eigenvalue weighted by Gasteiger charge is 2.24. The molecule has 11 aromatic rings. The van der Waals surface area contributed by atoms with Crippen LogP contribution in [0.4, 0.5) is 0 Å². The highest BCUT2D eigenvalue weighted by molar-refractivity contribution is 6.21. The molecule has 0 amide bonds. The van der Waals surface area contributed by atoms with Crippen LogP contribution < -0.4 is 0 Å². The Morgan fingerprint density at radius 2 is 0.532 bits per heavy atom. The first kappa shape index (κ1) is 36.9. The molecule has 0 spiro atoms. The summed E-state index contributed by atoms with van der Waals surface area (Å²) in [5, 5.41) is 4.93. The van der Waals surface area contributed by atoms with Crippen LogP contribution in [0.5, 0.6) is 0 Å². The van der Waals surface area contributed by atoms with Crippen molar-refractivity contribution in [3.63, 3.8) is 0 Å². The van der Waals surface area contributed by atoms with Gasteiger partial charge in [0.1, 0.15) is 0 Å². The van der Waals surface area contributed by atoms with E-state index in [0.29, 0.717) is 0 Å². The zero-order valence-corrected chi connectivity index (χ0v) is 34.1. The summed E-state index contributed by atoms with van der Waals surface area (Å²) in [5.74, 6) is 0. The van der Waals surface area contributed by atoms with Crippen LogP contribution in [0.1, 0.15) is 0 Å². The SMILES string of the molecule is c1ccc(-c2cc(-c3cccc(-c4c5ccccc5c(-c5ccc(-c6ccncc6)cc5)c5ccccc45)c3)c(-c3ccccc3)c(-c3ccccc3)c2-c2ccccc2)cc1. The predicted molar refractivity (Wildman–Crippen MR) is 263 cm³/mol. The summed E-state index contributed by atoms with van der Waals surface area (Å²) in [6.45, 7) is 0. The smallest absolute Gasteiger partial charge is 0.0273 e. The third kappa shape index (κ3) is 6.67. The van der Waals surface area contributed by atoms with E-state index < -0.39 is 0 Å². The van der Waals surface area contributed by atoms with E-state index in [-0.39, 0.29) is 0 Å². The van der Waals surface area contributed by atoms with Crippen molar-refractivity contribution in [2.75, 3.05) is 0 Å². The lowest BCUT2D eigenvalue weighted by atomic mass is 9.78. The molecule has 0 aliphatic heterocycles. The van der Waals surface area contributed by atoms with Crippen LogP contribution in [0.15, 0.2) is 249 Å². The van der Waals surface area contributed by atoms with Crippen molar-refractivity contribution in [3.05, 3.63) is 249 Å². The molecule has 0 aliphatic rings. The molecule has 0 saturated heterocycles. The number of hydrogen-bond acceptors (Lipinski definition) is 1. The summed E-state index contributed by atoms with van der Waals surface area (Å²) >= 11 is 0. The molecule has 0 bridgehead atoms. The normalized spacial score (nSPS) is 11.2. The number of fused-ring (bicyclic) bond motifs is 2. The van der Waals surface area contributed by atoms with E-state index in [1.165, 1.54) is 105 Å². The van der Waals surface area contributed by atoms with Gasteiger partial charge >= 0.3 is 0 Å². The van der Waals surface area contributed by atoms with E-state index >= 15 is 0 Å². The maximum Gasteiger partial charge on any atom is 0.0273 e. The monoisotopic (exact) mass is 787 g/mol. The van der Waals surface area contributed by atoms with Crippen LogP contribution in [0.2, 0.25) is 0 Å². The number of hydrogen-bond donors (Lipinski definition) is 0. The highest BCUT2D eigenvalue weighted by Crippen LogP contribution is 2.51. The van der Waals surface area contributed by atoms with Crippen molar-refractivity contribution < 1.29 is 0 Å². The lowest BCUT2D eigenvalue weighted by molar-refractivity contribution is 1.33. The van der Waals surface area contributed by atoms with E-state index in [0.717, 1.165) is 5.56 Å². The third-order valence-electron chi connectivity index (χ3n) is 12.2. The molecular weight excluding hydrogens is 747 g/mol. The van der Waals surface area contributed by atoms with Gasteiger partial charge in [-0.2, -0.15) is 0 Å². The Bertz CT molecular complexity index is 3280. The maximum absolute atomic E-state index is 4.23. The molecule has 1 aromatic heterocycles. The predicted octanol–water partition coefficient (Wildman–Crippen LogP) is 16.7. The Hall–Kier alpha value is -8.13. The van der Waals surface area contributed by atoms with Crippen molar-refractivity contribution in [3.8, 4) is 89.0 Å². The molecule has 1 nitrogen and oxygen atoms in total. The molecule has 11 rings (SSSR count). The molecule has 0 atom stereocenters. The van der Waals surface area contributed by atoms with Gasteiger partial charge in [0.25, 0.3) is 0 Å². The van der Waals surface area contributed by atoms with Gasteiger partial charge in [-0.05, 0) is 135 Å². The standard InChI is InChI=1S/C61H41N/c1-5-18-44(19-6-1)55-41-56(60(46-22-9-3-10-23-46)61(47-24-11-4-12-25-47)59(55)45-20-7-2-8-21-45)49-26-17-27-50(40-49)58-53-30-15-13-28-51(53)57(52-29-14-16-31-54(52)58)48-34-32-42(33-35-48)43-36-38-62-39-37-43/h1-41H. The minimum absolute atomic E-state index is 1.16. The molecule has 0 aliphatic carbocycles. The van der Waals surface area contributed by atoms with Gasteiger partial charge in [0, 0.05) is 12.4 Å². The minimum Gasteiger partial charge on any atom is -0.265 e. The zero-order valence-electron chi connectivity index (χ0n) is 34.1. The second kappa shape index (κ2) is 16.1. The lowest BCUT2D eigenvalue weighted by Gasteiger charge is -2.25. The average molecular weight is 788 g/mol. The largest absolute Gasteiger partial charge is 0.265 e. The van der Waals surface area contributed by atoms with Gasteiger partial charge < -0.3 is 0 Å². The van der Waals surface area contributed by atoms with Gasteiger partial charge in [0.05, 0.1) is 0 Å². The number of benzene rings is 10. The average Bonchev–Trinajstić information content (AvgIpc) is 3.36. The van der Waals surface area contributed by atoms with Crippen LogP contribution in [-0.4, -0.2) is 4.98 Å². The van der Waals surface area contributed by atoms with Crippen molar-refractivity contribution >= 4 is 21.5 Å². The summed E-state index contributed by atoms with van der Waals surface area (Å²) in [7, 11) is 0. The van der Waals surface area contributed by atoms with Crippen molar-refractivity contribution in [2.24, 2.45) is 0 Å². The van der Waals surface area contributed by atoms with Crippen molar-refractivity contribution in [1.29, 1.82) is 0 Å². The number of aromatic nitrogens is 1. The highest BCUT2D eigenvalue weighted by atomic mass is 14.6. The Kier molecular flexibility index (Phi) is 9.61. The molecule has 62 heavy (non-hydrogen) atoms. The number of nitrogens with zero attached hydrogens (tertiary/aromatic N) is 1. The molecule has 0 N–H and O–H groups in total. The molecule has 1 heterocycles. The van der Waals surface area contributed by atoms with Gasteiger partial charge in [0.15, 0.2) is 0 Å². The van der Waals surface area contributed by atoms with E-state index in [2.05, 4.69) is 242 Å². The molecule has 0 unspecified atom stereocenters. The van der Waals surface area contributed by atoms with Crippen LogP contribution in [0.3, 0.4) is 0 Å². The second-order valence-electron chi connectivity index (χ2n) is 15.8. The van der Waals surface area contributed by atoms with E-state index in [9.17, 15) is 0 Å². The maximum atomic E-state index is 4.23. The lowest BCUT2D eigenvalue weighted by Crippen LogP contribution is -1.98. The van der Waals surface area contributed by atoms with Crippen LogP contribution in [0.25, 0.3) is 111 Å². The Balaban J connectivity index is 1.18. The van der Waals surface area contributed by atoms with Gasteiger partial charge in [0.2, 0.25) is 0 Å². The molecule has 1 heteroatoms. The first-order chi connectivity index (χ1) is 30.8. The quantitative estimate of drug-likeness (QED) is 0.140.